The number of rotatable bonds is 12. The number of sulfonamides is 1. The van der Waals surface area contributed by atoms with Gasteiger partial charge in [0.05, 0.1) is 41.3 Å². The largest absolute Gasteiger partial charge is 0.501 e. The number of methoxy groups -OCH3 is 2. The number of hydrogen-bond donors (Lipinski definition) is 0. The average molecular weight is 684 g/mol. The number of pyridine rings is 1. The number of fused-ring (bicyclic) bond motifs is 1. The number of hydrogen-bond acceptors (Lipinski definition) is 6. The van der Waals surface area contributed by atoms with Crippen LogP contribution in [-0.2, 0) is 21.3 Å². The van der Waals surface area contributed by atoms with Crippen molar-refractivity contribution in [2.24, 2.45) is 0 Å². The van der Waals surface area contributed by atoms with Crippen LogP contribution < -0.4 is 9.47 Å². The molecule has 2 aromatic heterocycles. The van der Waals surface area contributed by atoms with E-state index >= 15 is 0 Å². The number of benzene rings is 3. The summed E-state index contributed by atoms with van der Waals surface area (Å²) in [7, 11) is -0.678. The SMILES string of the molecule is COC1=CC=C(CN(Cc2ccc(OC)cc2)S(=O)(=O)c2cccc(Oc3cccc(-c4c(C(C)C)nc5c(Cl)cccn45)c3)c2)CC1. The zero-order valence-electron chi connectivity index (χ0n) is 27.4. The van der Waals surface area contributed by atoms with E-state index < -0.39 is 10.0 Å². The number of allylic oxidation sites excluding steroid dienone is 3. The molecule has 0 amide bonds. The molecule has 0 saturated carbocycles. The van der Waals surface area contributed by atoms with Gasteiger partial charge in [-0.25, -0.2) is 13.4 Å². The second-order valence-corrected chi connectivity index (χ2v) is 14.3. The first kappa shape index (κ1) is 33.3. The van der Waals surface area contributed by atoms with E-state index in [9.17, 15) is 8.42 Å². The molecule has 1 aliphatic carbocycles. The monoisotopic (exact) mass is 683 g/mol. The third-order valence-corrected chi connectivity index (χ3v) is 10.4. The Morgan fingerprint density at radius 3 is 2.29 bits per heavy atom. The summed E-state index contributed by atoms with van der Waals surface area (Å²) < 4.78 is 49.0. The maximum absolute atomic E-state index is 14.3. The maximum Gasteiger partial charge on any atom is 0.243 e. The first-order valence-electron chi connectivity index (χ1n) is 15.8. The van der Waals surface area contributed by atoms with Crippen LogP contribution in [0.25, 0.3) is 16.9 Å². The zero-order chi connectivity index (χ0) is 33.8. The van der Waals surface area contributed by atoms with Crippen LogP contribution in [0.4, 0.5) is 0 Å². The van der Waals surface area contributed by atoms with Crippen molar-refractivity contribution >= 4 is 27.3 Å². The number of halogens is 1. The fourth-order valence-corrected chi connectivity index (χ4v) is 7.46. The minimum absolute atomic E-state index is 0.146. The molecule has 6 rings (SSSR count). The Kier molecular flexibility index (Phi) is 9.91. The number of imidazole rings is 1. The van der Waals surface area contributed by atoms with Gasteiger partial charge < -0.3 is 14.2 Å². The van der Waals surface area contributed by atoms with Gasteiger partial charge >= 0.3 is 0 Å². The molecule has 48 heavy (non-hydrogen) atoms. The van der Waals surface area contributed by atoms with E-state index in [1.807, 2.05) is 83.4 Å². The molecule has 0 unspecified atom stereocenters. The van der Waals surface area contributed by atoms with Crippen LogP contribution in [-0.4, -0.2) is 42.9 Å². The smallest absolute Gasteiger partial charge is 0.243 e. The number of nitrogens with zero attached hydrogens (tertiary/aromatic N) is 3. The van der Waals surface area contributed by atoms with Crippen molar-refractivity contribution in [3.63, 3.8) is 0 Å². The van der Waals surface area contributed by atoms with E-state index in [2.05, 4.69) is 13.8 Å². The van der Waals surface area contributed by atoms with Crippen molar-refractivity contribution in [3.05, 3.63) is 131 Å². The molecule has 5 aromatic rings. The minimum Gasteiger partial charge on any atom is -0.501 e. The van der Waals surface area contributed by atoms with Crippen molar-refractivity contribution in [2.75, 3.05) is 20.8 Å². The van der Waals surface area contributed by atoms with E-state index in [1.165, 1.54) is 4.31 Å². The van der Waals surface area contributed by atoms with Crippen LogP contribution >= 0.6 is 11.6 Å². The topological polar surface area (TPSA) is 82.4 Å². The number of ether oxygens (including phenoxy) is 3. The first-order chi connectivity index (χ1) is 23.2. The van der Waals surface area contributed by atoms with Gasteiger partial charge in [0.2, 0.25) is 10.0 Å². The van der Waals surface area contributed by atoms with Crippen molar-refractivity contribution in [1.29, 1.82) is 0 Å². The van der Waals surface area contributed by atoms with Gasteiger partial charge in [-0.1, -0.05) is 67.4 Å². The Hall–Kier alpha value is -4.57. The summed E-state index contributed by atoms with van der Waals surface area (Å²) in [5, 5.41) is 0.577. The molecule has 8 nitrogen and oxygen atoms in total. The predicted octanol–water partition coefficient (Wildman–Crippen LogP) is 9.02. The fraction of sp³-hybridized carbons (Fsp3) is 0.237. The fourth-order valence-electron chi connectivity index (χ4n) is 5.78. The van der Waals surface area contributed by atoms with Gasteiger partial charge in [-0.05, 0) is 72.5 Å². The lowest BCUT2D eigenvalue weighted by molar-refractivity contribution is 0.274. The molecule has 0 atom stereocenters. The molecule has 0 bridgehead atoms. The Balaban J connectivity index is 1.30. The Morgan fingerprint density at radius 1 is 0.854 bits per heavy atom. The molecule has 10 heteroatoms. The van der Waals surface area contributed by atoms with Gasteiger partial charge in [-0.2, -0.15) is 4.31 Å². The molecule has 0 fully saturated rings. The molecular weight excluding hydrogens is 646 g/mol. The Bertz CT molecular complexity index is 2100. The van der Waals surface area contributed by atoms with Crippen LogP contribution in [0.1, 0.15) is 43.9 Å². The second-order valence-electron chi connectivity index (χ2n) is 11.9. The summed E-state index contributed by atoms with van der Waals surface area (Å²) in [5.74, 6) is 2.72. The zero-order valence-corrected chi connectivity index (χ0v) is 29.0. The molecule has 1 aliphatic rings. The van der Waals surface area contributed by atoms with Gasteiger partial charge in [0, 0.05) is 37.3 Å². The molecule has 248 valence electrons. The molecule has 0 radical (unpaired) electrons. The second kappa shape index (κ2) is 14.3. The van der Waals surface area contributed by atoms with E-state index in [4.69, 9.17) is 30.8 Å². The van der Waals surface area contributed by atoms with E-state index in [-0.39, 0.29) is 23.9 Å². The van der Waals surface area contributed by atoms with Gasteiger partial charge in [0.25, 0.3) is 0 Å². The third kappa shape index (κ3) is 7.13. The normalized spacial score (nSPS) is 13.5. The van der Waals surface area contributed by atoms with E-state index in [0.717, 1.165) is 40.3 Å². The highest BCUT2D eigenvalue weighted by molar-refractivity contribution is 7.89. The highest BCUT2D eigenvalue weighted by atomic mass is 35.5. The van der Waals surface area contributed by atoms with Crippen LogP contribution in [0.3, 0.4) is 0 Å². The highest BCUT2D eigenvalue weighted by Crippen LogP contribution is 2.35. The van der Waals surface area contributed by atoms with Crippen LogP contribution in [0.5, 0.6) is 17.2 Å². The predicted molar refractivity (Wildman–Crippen MR) is 189 cm³/mol. The molecule has 0 saturated heterocycles. The molecule has 0 spiro atoms. The summed E-state index contributed by atoms with van der Waals surface area (Å²) >= 11 is 6.49. The van der Waals surface area contributed by atoms with E-state index in [0.29, 0.717) is 34.3 Å². The van der Waals surface area contributed by atoms with E-state index in [1.54, 1.807) is 38.5 Å². The molecule has 0 aliphatic heterocycles. The molecular formula is C38H38ClN3O5S. The molecule has 0 N–H and O–H groups in total. The van der Waals surface area contributed by atoms with Gasteiger partial charge in [0.1, 0.15) is 17.2 Å². The summed E-state index contributed by atoms with van der Waals surface area (Å²) in [6, 6.07) is 25.5. The van der Waals surface area contributed by atoms with Crippen LogP contribution in [0.15, 0.2) is 120 Å². The van der Waals surface area contributed by atoms with Crippen molar-refractivity contribution in [2.45, 2.75) is 44.0 Å². The van der Waals surface area contributed by atoms with Crippen LogP contribution in [0.2, 0.25) is 5.02 Å². The lowest BCUT2D eigenvalue weighted by atomic mass is 10.0. The van der Waals surface area contributed by atoms with Crippen molar-refractivity contribution in [3.8, 4) is 28.5 Å². The first-order valence-corrected chi connectivity index (χ1v) is 17.6. The molecule has 3 aromatic carbocycles. The van der Waals surface area contributed by atoms with Crippen molar-refractivity contribution < 1.29 is 22.6 Å². The minimum atomic E-state index is -3.93. The summed E-state index contributed by atoms with van der Waals surface area (Å²) in [6.07, 6.45) is 7.25. The summed E-state index contributed by atoms with van der Waals surface area (Å²) in [5.41, 5.74) is 5.32. The third-order valence-electron chi connectivity index (χ3n) is 8.32. The number of aromatic nitrogens is 2. The Morgan fingerprint density at radius 2 is 1.60 bits per heavy atom. The quantitative estimate of drug-likeness (QED) is 0.131. The maximum atomic E-state index is 14.3. The summed E-state index contributed by atoms with van der Waals surface area (Å²) in [4.78, 5) is 4.99. The van der Waals surface area contributed by atoms with Gasteiger partial charge in [0.15, 0.2) is 5.65 Å². The lowest BCUT2D eigenvalue weighted by Crippen LogP contribution is -2.32. The van der Waals surface area contributed by atoms with Crippen LogP contribution in [0, 0.1) is 0 Å². The standard InChI is InChI=1S/C38H38ClN3O5S/c1-26(2)36-37(42-21-7-12-35(39)38(42)40-36)29-8-5-9-32(22-29)47-33-10-6-11-34(23-33)48(43,44)41(24-27-13-17-30(45-3)18-14-27)25-28-15-19-31(46-4)20-16-28/h5-15,17-19,21-23,26H,16,20,24-25H2,1-4H3. The Labute approximate surface area is 286 Å². The highest BCUT2D eigenvalue weighted by Gasteiger charge is 2.27. The summed E-state index contributed by atoms with van der Waals surface area (Å²) in [6.45, 7) is 4.64. The lowest BCUT2D eigenvalue weighted by Gasteiger charge is -2.25. The average Bonchev–Trinajstić information content (AvgIpc) is 3.50. The molecule has 2 heterocycles. The van der Waals surface area contributed by atoms with Gasteiger partial charge in [-0.15, -0.1) is 0 Å². The van der Waals surface area contributed by atoms with Gasteiger partial charge in [-0.3, -0.25) is 4.40 Å². The van der Waals surface area contributed by atoms with Crippen molar-refractivity contribution in [1.82, 2.24) is 13.7 Å².